The minimum Gasteiger partial charge on any atom is -0.350 e. The fourth-order valence-corrected chi connectivity index (χ4v) is 1.70. The molecule has 4 nitrogen and oxygen atoms in total. The van der Waals surface area contributed by atoms with E-state index in [9.17, 15) is 0 Å². The van der Waals surface area contributed by atoms with Gasteiger partial charge in [0.15, 0.2) is 0 Å². The third-order valence-corrected chi connectivity index (χ3v) is 2.74. The number of ether oxygens (including phenoxy) is 4. The molecule has 4 heteroatoms. The number of hydrogen-bond acceptors (Lipinski definition) is 4. The molecule has 0 aromatic carbocycles. The molecule has 0 aromatic heterocycles. The van der Waals surface area contributed by atoms with Crippen LogP contribution in [0.2, 0.25) is 0 Å². The van der Waals surface area contributed by atoms with E-state index < -0.39 is 0 Å². The predicted molar refractivity (Wildman–Crippen MR) is 45.2 cm³/mol. The van der Waals surface area contributed by atoms with Crippen LogP contribution >= 0.6 is 0 Å². The summed E-state index contributed by atoms with van der Waals surface area (Å²) in [5.41, 5.74) is 0. The van der Waals surface area contributed by atoms with E-state index >= 15 is 0 Å². The van der Waals surface area contributed by atoms with Gasteiger partial charge in [-0.15, -0.1) is 0 Å². The normalized spacial score (nSPS) is 45.7. The van der Waals surface area contributed by atoms with E-state index in [0.717, 1.165) is 6.42 Å². The lowest BCUT2D eigenvalue weighted by Gasteiger charge is -2.18. The van der Waals surface area contributed by atoms with Gasteiger partial charge in [0.2, 0.25) is 0 Å². The highest BCUT2D eigenvalue weighted by Crippen LogP contribution is 2.23. The first-order valence-electron chi connectivity index (χ1n) is 4.74. The molecule has 0 bridgehead atoms. The summed E-state index contributed by atoms with van der Waals surface area (Å²) in [6.45, 7) is 4.87. The molecule has 2 fully saturated rings. The first-order chi connectivity index (χ1) is 6.27. The quantitative estimate of drug-likeness (QED) is 0.645. The van der Waals surface area contributed by atoms with E-state index in [0.29, 0.717) is 13.6 Å². The largest absolute Gasteiger partial charge is 0.350 e. The Morgan fingerprint density at radius 1 is 0.846 bits per heavy atom. The van der Waals surface area contributed by atoms with Crippen LogP contribution < -0.4 is 0 Å². The number of rotatable bonds is 2. The smallest absolute Gasteiger partial charge is 0.147 e. The lowest BCUT2D eigenvalue weighted by Crippen LogP contribution is -2.29. The molecule has 2 aliphatic heterocycles. The van der Waals surface area contributed by atoms with Gasteiger partial charge in [-0.05, 0) is 13.8 Å². The van der Waals surface area contributed by atoms with Crippen LogP contribution in [-0.2, 0) is 18.9 Å². The molecule has 4 atom stereocenters. The van der Waals surface area contributed by atoms with Crippen molar-refractivity contribution in [1.29, 1.82) is 0 Å². The van der Waals surface area contributed by atoms with Gasteiger partial charge in [-0.2, -0.15) is 0 Å². The lowest BCUT2D eigenvalue weighted by molar-refractivity contribution is 0.0121. The second kappa shape index (κ2) is 3.92. The highest BCUT2D eigenvalue weighted by atomic mass is 16.7. The van der Waals surface area contributed by atoms with Gasteiger partial charge in [-0.25, -0.2) is 0 Å². The Hall–Kier alpha value is -0.160. The average molecular weight is 188 g/mol. The van der Waals surface area contributed by atoms with Crippen LogP contribution in [0.1, 0.15) is 20.3 Å². The second-order valence-electron chi connectivity index (χ2n) is 3.63. The van der Waals surface area contributed by atoms with E-state index in [1.165, 1.54) is 0 Å². The zero-order valence-electron chi connectivity index (χ0n) is 8.06. The Morgan fingerprint density at radius 3 is 1.62 bits per heavy atom. The maximum absolute atomic E-state index is 5.42. The zero-order valence-corrected chi connectivity index (χ0v) is 8.06. The summed E-state index contributed by atoms with van der Waals surface area (Å²) in [4.78, 5) is 0. The van der Waals surface area contributed by atoms with Crippen molar-refractivity contribution in [1.82, 2.24) is 0 Å². The average Bonchev–Trinajstić information content (AvgIpc) is 2.65. The molecule has 2 aliphatic rings. The summed E-state index contributed by atoms with van der Waals surface area (Å²) in [6.07, 6.45) is 1.54. The molecule has 76 valence electrons. The summed E-state index contributed by atoms with van der Waals surface area (Å²) < 4.78 is 21.4. The molecule has 0 saturated carbocycles. The van der Waals surface area contributed by atoms with E-state index in [-0.39, 0.29) is 24.4 Å². The molecule has 0 aliphatic carbocycles. The van der Waals surface area contributed by atoms with Gasteiger partial charge in [0.1, 0.15) is 13.6 Å². The van der Waals surface area contributed by atoms with E-state index in [2.05, 4.69) is 0 Å². The molecule has 0 radical (unpaired) electrons. The molecule has 4 unspecified atom stereocenters. The van der Waals surface area contributed by atoms with Crippen molar-refractivity contribution < 1.29 is 18.9 Å². The summed E-state index contributed by atoms with van der Waals surface area (Å²) >= 11 is 0. The highest BCUT2D eigenvalue weighted by molar-refractivity contribution is 4.79. The molecule has 2 heterocycles. The maximum Gasteiger partial charge on any atom is 0.147 e. The molecule has 13 heavy (non-hydrogen) atoms. The summed E-state index contributed by atoms with van der Waals surface area (Å²) in [6, 6.07) is 0. The summed E-state index contributed by atoms with van der Waals surface area (Å²) in [5.74, 6) is 0. The van der Waals surface area contributed by atoms with Gasteiger partial charge in [0.25, 0.3) is 0 Å². The van der Waals surface area contributed by atoms with Crippen LogP contribution in [0.5, 0.6) is 0 Å². The lowest BCUT2D eigenvalue weighted by atomic mass is 10.0. The SMILES string of the molecule is CC1OCOC1CC1OCOC1C. The monoisotopic (exact) mass is 188 g/mol. The van der Waals surface area contributed by atoms with Crippen molar-refractivity contribution in [2.45, 2.75) is 44.7 Å². The van der Waals surface area contributed by atoms with E-state index in [1.54, 1.807) is 0 Å². The van der Waals surface area contributed by atoms with Crippen LogP contribution in [-0.4, -0.2) is 38.0 Å². The Kier molecular flexibility index (Phi) is 2.83. The maximum atomic E-state index is 5.42. The minimum atomic E-state index is 0.161. The third kappa shape index (κ3) is 2.02. The Balaban J connectivity index is 1.82. The van der Waals surface area contributed by atoms with Crippen LogP contribution in [0.3, 0.4) is 0 Å². The molecular weight excluding hydrogens is 172 g/mol. The topological polar surface area (TPSA) is 36.9 Å². The van der Waals surface area contributed by atoms with E-state index in [4.69, 9.17) is 18.9 Å². The van der Waals surface area contributed by atoms with Crippen LogP contribution in [0.25, 0.3) is 0 Å². The first-order valence-corrected chi connectivity index (χ1v) is 4.74. The van der Waals surface area contributed by atoms with Crippen LogP contribution in [0.15, 0.2) is 0 Å². The van der Waals surface area contributed by atoms with Gasteiger partial charge in [0, 0.05) is 6.42 Å². The third-order valence-electron chi connectivity index (χ3n) is 2.74. The van der Waals surface area contributed by atoms with Crippen molar-refractivity contribution in [3.05, 3.63) is 0 Å². The molecule has 0 spiro atoms. The van der Waals surface area contributed by atoms with Gasteiger partial charge >= 0.3 is 0 Å². The van der Waals surface area contributed by atoms with Crippen molar-refractivity contribution in [3.8, 4) is 0 Å². The fourth-order valence-electron chi connectivity index (χ4n) is 1.70. The molecule has 0 aromatic rings. The van der Waals surface area contributed by atoms with Gasteiger partial charge in [0.05, 0.1) is 24.4 Å². The highest BCUT2D eigenvalue weighted by Gasteiger charge is 2.33. The van der Waals surface area contributed by atoms with Gasteiger partial charge in [-0.3, -0.25) is 0 Å². The molecular formula is C9H16O4. The Bertz CT molecular complexity index is 155. The van der Waals surface area contributed by atoms with Crippen LogP contribution in [0.4, 0.5) is 0 Å². The Labute approximate surface area is 78.1 Å². The predicted octanol–water partition coefficient (Wildman–Crippen LogP) is 0.899. The fraction of sp³-hybridized carbons (Fsp3) is 1.00. The first kappa shape index (κ1) is 9.40. The van der Waals surface area contributed by atoms with Crippen molar-refractivity contribution in [2.75, 3.05) is 13.6 Å². The zero-order chi connectivity index (χ0) is 9.26. The van der Waals surface area contributed by atoms with Gasteiger partial charge < -0.3 is 18.9 Å². The van der Waals surface area contributed by atoms with Crippen molar-refractivity contribution >= 4 is 0 Å². The molecule has 0 N–H and O–H groups in total. The minimum absolute atomic E-state index is 0.161. The molecule has 2 rings (SSSR count). The number of hydrogen-bond donors (Lipinski definition) is 0. The Morgan fingerprint density at radius 2 is 1.31 bits per heavy atom. The standard InChI is InChI=1S/C9H16O4/c1-6-8(12-4-10-6)3-9-7(2)11-5-13-9/h6-9H,3-5H2,1-2H3. The second-order valence-corrected chi connectivity index (χ2v) is 3.63. The van der Waals surface area contributed by atoms with Crippen molar-refractivity contribution in [2.24, 2.45) is 0 Å². The van der Waals surface area contributed by atoms with Crippen molar-refractivity contribution in [3.63, 3.8) is 0 Å². The summed E-state index contributed by atoms with van der Waals surface area (Å²) in [7, 11) is 0. The molecule has 0 amide bonds. The summed E-state index contributed by atoms with van der Waals surface area (Å²) in [5, 5.41) is 0. The van der Waals surface area contributed by atoms with Crippen LogP contribution in [0, 0.1) is 0 Å². The van der Waals surface area contributed by atoms with Gasteiger partial charge in [-0.1, -0.05) is 0 Å². The van der Waals surface area contributed by atoms with E-state index in [1.807, 2.05) is 13.8 Å². The molecule has 2 saturated heterocycles.